The molecule has 2 aromatic carbocycles. The van der Waals surface area contributed by atoms with E-state index in [9.17, 15) is 10.6 Å². The molecule has 64 heavy (non-hydrogen) atoms. The van der Waals surface area contributed by atoms with Crippen molar-refractivity contribution in [2.24, 2.45) is 46.5 Å². The van der Waals surface area contributed by atoms with E-state index in [1.165, 1.54) is 0 Å². The van der Waals surface area contributed by atoms with Crippen LogP contribution in [-0.4, -0.2) is 105 Å². The first kappa shape index (κ1) is 50.5. The van der Waals surface area contributed by atoms with Gasteiger partial charge in [0.2, 0.25) is 0 Å². The molecule has 0 spiro atoms. The molecule has 0 radical (unpaired) electrons. The Morgan fingerprint density at radius 2 is 1.11 bits per heavy atom. The van der Waals surface area contributed by atoms with Crippen molar-refractivity contribution in [2.45, 2.75) is 168 Å². The van der Waals surface area contributed by atoms with Crippen LogP contribution in [0.1, 0.15) is 86.3 Å². The standard InChI is InChI=1S/C50H75N3O11/c1-11-24-56-47-35(10)43(62-49-44(33(8)30(5)39(13-3)59-49)57-27-37-22-18-15-19-23-37)46(40(25-54)60-47)64-50-45(63-48-42(52-53-51)32(7)29(4)38(12-2)58-48)34(9)31(6)41(61-50)28-55-26-36-20-16-14-17-21-36/h11,14-23,29-35,38-50,54H,1,12-13,24-28H2,2-10H3/t29-,30-,31-,32-,33-,34-,35?,38?,39?,40?,41?,42?,43+,44?,45?,46+,47-,48-,49-,50-/m0/s1. The van der Waals surface area contributed by atoms with Crippen LogP contribution in [-0.2, 0) is 60.6 Å². The molecule has 14 nitrogen and oxygen atoms in total. The molecular formula is C50H75N3O11. The average molecular weight is 894 g/mol. The largest absolute Gasteiger partial charge is 0.394 e. The minimum atomic E-state index is -1.02. The Morgan fingerprint density at radius 1 is 0.594 bits per heavy atom. The Morgan fingerprint density at radius 3 is 1.72 bits per heavy atom. The molecule has 0 saturated carbocycles. The molecule has 2 aromatic rings. The molecule has 4 fully saturated rings. The number of benzene rings is 2. The third kappa shape index (κ3) is 11.9. The molecule has 4 saturated heterocycles. The number of azide groups is 1. The first-order valence-electron chi connectivity index (χ1n) is 23.7. The zero-order valence-corrected chi connectivity index (χ0v) is 39.4. The van der Waals surface area contributed by atoms with Gasteiger partial charge in [0.05, 0.1) is 63.5 Å². The fraction of sp³-hybridized carbons (Fsp3) is 0.720. The summed E-state index contributed by atoms with van der Waals surface area (Å²) >= 11 is 0. The lowest BCUT2D eigenvalue weighted by atomic mass is 9.81. The predicted octanol–water partition coefficient (Wildman–Crippen LogP) is 8.99. The second-order valence-corrected chi connectivity index (χ2v) is 18.6. The molecule has 0 bridgehead atoms. The van der Waals surface area contributed by atoms with Crippen molar-refractivity contribution in [3.05, 3.63) is 94.9 Å². The Labute approximate surface area is 381 Å². The monoisotopic (exact) mass is 894 g/mol. The maximum atomic E-state index is 11.1. The summed E-state index contributed by atoms with van der Waals surface area (Å²) in [6.07, 6.45) is -4.49. The van der Waals surface area contributed by atoms with Gasteiger partial charge in [-0.3, -0.25) is 0 Å². The van der Waals surface area contributed by atoms with Crippen LogP contribution in [0.15, 0.2) is 78.4 Å². The molecule has 1 N–H and O–H groups in total. The molecule has 0 aromatic heterocycles. The third-order valence-electron chi connectivity index (χ3n) is 14.6. The van der Waals surface area contributed by atoms with Crippen LogP contribution >= 0.6 is 0 Å². The lowest BCUT2D eigenvalue weighted by Gasteiger charge is -2.52. The smallest absolute Gasteiger partial charge is 0.185 e. The van der Waals surface area contributed by atoms with Crippen LogP contribution < -0.4 is 0 Å². The van der Waals surface area contributed by atoms with Crippen LogP contribution in [0.4, 0.5) is 0 Å². The van der Waals surface area contributed by atoms with Crippen molar-refractivity contribution in [1.82, 2.24) is 0 Å². The number of nitrogens with zero attached hydrogens (tertiary/aromatic N) is 3. The SMILES string of the molecule is C=CCO[C@H]1OC(CO)[C@@H](O[C@@H]2OC(COCc3ccccc3)[C@@H](C)[C@H](C)C2O[C@@H]2OC(CC)[C@@H](C)[C@H](C)C2N=[N+]=[N-])[C@H](O[C@@H]2OC(CC)[C@@H](C)[C@H](C)C2OCc2ccccc2)C1C. The van der Waals surface area contributed by atoms with Gasteiger partial charge in [0.25, 0.3) is 0 Å². The fourth-order valence-electron chi connectivity index (χ4n) is 9.89. The molecule has 0 amide bonds. The highest BCUT2D eigenvalue weighted by molar-refractivity contribution is 5.14. The van der Waals surface area contributed by atoms with Crippen molar-refractivity contribution in [1.29, 1.82) is 0 Å². The van der Waals surface area contributed by atoms with Crippen LogP contribution in [0.2, 0.25) is 0 Å². The Kier molecular flexibility index (Phi) is 19.1. The molecule has 20 atom stereocenters. The van der Waals surface area contributed by atoms with Gasteiger partial charge in [-0.2, -0.15) is 0 Å². The first-order chi connectivity index (χ1) is 30.9. The summed E-state index contributed by atoms with van der Waals surface area (Å²) in [5, 5.41) is 15.3. The van der Waals surface area contributed by atoms with Gasteiger partial charge in [-0.25, -0.2) is 0 Å². The molecule has 14 heteroatoms. The zero-order chi connectivity index (χ0) is 45.9. The average Bonchev–Trinajstić information content (AvgIpc) is 3.31. The number of hydrogen-bond donors (Lipinski definition) is 1. The maximum Gasteiger partial charge on any atom is 0.185 e. The van der Waals surface area contributed by atoms with E-state index < -0.39 is 80.4 Å². The van der Waals surface area contributed by atoms with Gasteiger partial charge in [0, 0.05) is 10.8 Å². The fourth-order valence-corrected chi connectivity index (χ4v) is 9.89. The molecule has 6 rings (SSSR count). The first-order valence-corrected chi connectivity index (χ1v) is 23.7. The van der Waals surface area contributed by atoms with Gasteiger partial charge < -0.3 is 52.5 Å². The number of aliphatic hydroxyl groups excluding tert-OH is 1. The van der Waals surface area contributed by atoms with E-state index in [1.807, 2.05) is 67.6 Å². The molecule has 4 heterocycles. The van der Waals surface area contributed by atoms with E-state index in [0.29, 0.717) is 19.8 Å². The molecular weight excluding hydrogens is 819 g/mol. The molecule has 356 valence electrons. The second kappa shape index (κ2) is 24.2. The highest BCUT2D eigenvalue weighted by atomic mass is 16.8. The highest BCUT2D eigenvalue weighted by Gasteiger charge is 2.54. The number of hydrogen-bond acceptors (Lipinski definition) is 12. The lowest BCUT2D eigenvalue weighted by Crippen LogP contribution is -2.64. The third-order valence-corrected chi connectivity index (χ3v) is 14.6. The van der Waals surface area contributed by atoms with Crippen molar-refractivity contribution in [2.75, 3.05) is 19.8 Å². The molecule has 8 unspecified atom stereocenters. The normalized spacial score (nSPS) is 40.3. The molecule has 4 aliphatic heterocycles. The Bertz CT molecular complexity index is 1740. The molecule has 4 aliphatic rings. The number of ether oxygens (including phenoxy) is 10. The van der Waals surface area contributed by atoms with Gasteiger partial charge in [0.1, 0.15) is 24.4 Å². The van der Waals surface area contributed by atoms with Crippen LogP contribution in [0, 0.1) is 41.4 Å². The maximum absolute atomic E-state index is 11.1. The van der Waals surface area contributed by atoms with Gasteiger partial charge in [-0.15, -0.1) is 6.58 Å². The van der Waals surface area contributed by atoms with Crippen molar-refractivity contribution < 1.29 is 52.5 Å². The van der Waals surface area contributed by atoms with Gasteiger partial charge in [-0.1, -0.05) is 134 Å². The van der Waals surface area contributed by atoms with Crippen LogP contribution in [0.25, 0.3) is 10.4 Å². The summed E-state index contributed by atoms with van der Waals surface area (Å²) in [6.45, 7) is 23.8. The topological polar surface area (TPSA) is 161 Å². The van der Waals surface area contributed by atoms with Crippen molar-refractivity contribution in [3.8, 4) is 0 Å². The lowest BCUT2D eigenvalue weighted by molar-refractivity contribution is -0.384. The summed E-state index contributed by atoms with van der Waals surface area (Å²) in [7, 11) is 0. The van der Waals surface area contributed by atoms with E-state index >= 15 is 0 Å². The van der Waals surface area contributed by atoms with Gasteiger partial charge >= 0.3 is 0 Å². The van der Waals surface area contributed by atoms with Crippen molar-refractivity contribution in [3.63, 3.8) is 0 Å². The van der Waals surface area contributed by atoms with Gasteiger partial charge in [0.15, 0.2) is 25.2 Å². The van der Waals surface area contributed by atoms with E-state index in [4.69, 9.17) is 47.4 Å². The Balaban J connectivity index is 1.34. The van der Waals surface area contributed by atoms with E-state index in [2.05, 4.69) is 72.0 Å². The summed E-state index contributed by atoms with van der Waals surface area (Å²) in [5.74, 6) is -0.225. The van der Waals surface area contributed by atoms with Gasteiger partial charge in [-0.05, 0) is 65.0 Å². The second-order valence-electron chi connectivity index (χ2n) is 18.6. The van der Waals surface area contributed by atoms with E-state index in [-0.39, 0.29) is 54.3 Å². The van der Waals surface area contributed by atoms with E-state index in [1.54, 1.807) is 6.08 Å². The van der Waals surface area contributed by atoms with Crippen LogP contribution in [0.5, 0.6) is 0 Å². The molecule has 0 aliphatic carbocycles. The van der Waals surface area contributed by atoms with Crippen LogP contribution in [0.3, 0.4) is 0 Å². The summed E-state index contributed by atoms with van der Waals surface area (Å²) < 4.78 is 67.5. The number of rotatable bonds is 20. The minimum Gasteiger partial charge on any atom is -0.394 e. The summed E-state index contributed by atoms with van der Waals surface area (Å²) in [6, 6.07) is 19.5. The minimum absolute atomic E-state index is 0.0170. The summed E-state index contributed by atoms with van der Waals surface area (Å²) in [5.41, 5.74) is 11.8. The highest BCUT2D eigenvalue weighted by Crippen LogP contribution is 2.43. The van der Waals surface area contributed by atoms with E-state index in [0.717, 1.165) is 24.0 Å². The number of aliphatic hydroxyl groups is 1. The predicted molar refractivity (Wildman–Crippen MR) is 241 cm³/mol. The quantitative estimate of drug-likeness (QED) is 0.0585. The summed E-state index contributed by atoms with van der Waals surface area (Å²) in [4.78, 5) is 3.22. The van der Waals surface area contributed by atoms with Crippen molar-refractivity contribution >= 4 is 0 Å². The Hall–Kier alpha value is -2.95. The zero-order valence-electron chi connectivity index (χ0n) is 39.4.